The molecule has 0 saturated carbocycles. The quantitative estimate of drug-likeness (QED) is 0.580. The summed E-state index contributed by atoms with van der Waals surface area (Å²) in [5.41, 5.74) is 0.394. The van der Waals surface area contributed by atoms with Crippen LogP contribution in [0.25, 0.3) is 0 Å². The van der Waals surface area contributed by atoms with Crippen LogP contribution in [0.3, 0.4) is 0 Å². The van der Waals surface area contributed by atoms with Crippen molar-refractivity contribution in [1.29, 1.82) is 0 Å². The Morgan fingerprint density at radius 2 is 1.86 bits per heavy atom. The zero-order chi connectivity index (χ0) is 16.1. The third-order valence-corrected chi connectivity index (χ3v) is 4.76. The van der Waals surface area contributed by atoms with Crippen LogP contribution in [0, 0.1) is 5.41 Å². The molecule has 0 aromatic heterocycles. The predicted molar refractivity (Wildman–Crippen MR) is 92.4 cm³/mol. The van der Waals surface area contributed by atoms with Crippen LogP contribution in [0.5, 0.6) is 0 Å². The smallest absolute Gasteiger partial charge is 0.191 e. The number of guanidine groups is 1. The highest BCUT2D eigenvalue weighted by Crippen LogP contribution is 2.25. The van der Waals surface area contributed by atoms with Crippen molar-refractivity contribution in [3.05, 3.63) is 0 Å². The summed E-state index contributed by atoms with van der Waals surface area (Å²) in [6.07, 6.45) is 4.02. The largest absolute Gasteiger partial charge is 0.380 e. The van der Waals surface area contributed by atoms with E-state index < -0.39 is 0 Å². The molecule has 2 fully saturated rings. The van der Waals surface area contributed by atoms with Gasteiger partial charge in [0, 0.05) is 24.0 Å². The van der Waals surface area contributed by atoms with E-state index >= 15 is 0 Å². The maximum atomic E-state index is 5.32. The van der Waals surface area contributed by atoms with Gasteiger partial charge in [-0.15, -0.1) is 0 Å². The Kier molecular flexibility index (Phi) is 6.09. The molecule has 0 bridgehead atoms. The number of hydrogen-bond acceptors (Lipinski definition) is 3. The molecule has 5 nitrogen and oxygen atoms in total. The molecular formula is C17H34N4O. The SMILES string of the molecule is CCNC(=NCC(C)(C)N1CCCCC1)NCC1(C)COC1. The van der Waals surface area contributed by atoms with Crippen LogP contribution in [0.1, 0.15) is 47.0 Å². The highest BCUT2D eigenvalue weighted by Gasteiger charge is 2.33. The van der Waals surface area contributed by atoms with E-state index in [1.165, 1.54) is 32.4 Å². The molecule has 2 heterocycles. The third kappa shape index (κ3) is 4.85. The van der Waals surface area contributed by atoms with Crippen LogP contribution in [-0.2, 0) is 4.74 Å². The minimum Gasteiger partial charge on any atom is -0.380 e. The first-order chi connectivity index (χ1) is 10.5. The van der Waals surface area contributed by atoms with E-state index in [4.69, 9.17) is 9.73 Å². The Morgan fingerprint density at radius 1 is 1.18 bits per heavy atom. The van der Waals surface area contributed by atoms with Crippen LogP contribution in [0.15, 0.2) is 4.99 Å². The number of aliphatic imine (C=N–C) groups is 1. The number of hydrogen-bond donors (Lipinski definition) is 2. The van der Waals surface area contributed by atoms with Gasteiger partial charge in [-0.1, -0.05) is 13.3 Å². The second-order valence-corrected chi connectivity index (χ2v) is 7.71. The van der Waals surface area contributed by atoms with Crippen LogP contribution >= 0.6 is 0 Å². The normalized spacial score (nSPS) is 23.0. The molecule has 2 saturated heterocycles. The Hall–Kier alpha value is -0.810. The summed E-state index contributed by atoms with van der Waals surface area (Å²) < 4.78 is 5.32. The molecule has 0 aromatic rings. The second-order valence-electron chi connectivity index (χ2n) is 7.71. The predicted octanol–water partition coefficient (Wildman–Crippen LogP) is 1.84. The van der Waals surface area contributed by atoms with E-state index in [-0.39, 0.29) is 11.0 Å². The van der Waals surface area contributed by atoms with Crippen LogP contribution in [0.4, 0.5) is 0 Å². The molecule has 0 aliphatic carbocycles. The van der Waals surface area contributed by atoms with Gasteiger partial charge in [-0.3, -0.25) is 9.89 Å². The van der Waals surface area contributed by atoms with Gasteiger partial charge >= 0.3 is 0 Å². The minimum absolute atomic E-state index is 0.131. The highest BCUT2D eigenvalue weighted by molar-refractivity contribution is 5.79. The Bertz CT molecular complexity index is 371. The molecule has 0 unspecified atom stereocenters. The summed E-state index contributed by atoms with van der Waals surface area (Å²) in [6.45, 7) is 15.7. The maximum absolute atomic E-state index is 5.32. The highest BCUT2D eigenvalue weighted by atomic mass is 16.5. The average molecular weight is 310 g/mol. The first-order valence-corrected chi connectivity index (χ1v) is 8.80. The zero-order valence-electron chi connectivity index (χ0n) is 14.9. The van der Waals surface area contributed by atoms with E-state index in [9.17, 15) is 0 Å². The van der Waals surface area contributed by atoms with Crippen molar-refractivity contribution in [3.63, 3.8) is 0 Å². The number of nitrogens with zero attached hydrogens (tertiary/aromatic N) is 2. The van der Waals surface area contributed by atoms with Crippen molar-refractivity contribution in [2.75, 3.05) is 45.9 Å². The summed E-state index contributed by atoms with van der Waals surface area (Å²) in [6, 6.07) is 0. The fraction of sp³-hybridized carbons (Fsp3) is 0.941. The lowest BCUT2D eigenvalue weighted by molar-refractivity contribution is -0.0971. The van der Waals surface area contributed by atoms with Crippen molar-refractivity contribution in [1.82, 2.24) is 15.5 Å². The molecule has 5 heteroatoms. The Labute approximate surface area is 135 Å². The molecule has 0 atom stereocenters. The molecule has 2 N–H and O–H groups in total. The lowest BCUT2D eigenvalue weighted by Gasteiger charge is -2.40. The first-order valence-electron chi connectivity index (χ1n) is 8.80. The van der Waals surface area contributed by atoms with Gasteiger partial charge in [0.25, 0.3) is 0 Å². The van der Waals surface area contributed by atoms with Gasteiger partial charge in [-0.2, -0.15) is 0 Å². The standard InChI is InChI=1S/C17H34N4O/c1-5-18-15(20-12-17(4)13-22-14-17)19-11-16(2,3)21-9-7-6-8-10-21/h5-14H2,1-4H3,(H2,18,19,20). The molecule has 0 radical (unpaired) electrons. The van der Waals surface area contributed by atoms with Crippen molar-refractivity contribution < 1.29 is 4.74 Å². The van der Waals surface area contributed by atoms with Gasteiger partial charge in [-0.05, 0) is 46.7 Å². The summed E-state index contributed by atoms with van der Waals surface area (Å²) in [7, 11) is 0. The van der Waals surface area contributed by atoms with Gasteiger partial charge in [0.15, 0.2) is 5.96 Å². The van der Waals surface area contributed by atoms with Crippen LogP contribution in [0.2, 0.25) is 0 Å². The zero-order valence-corrected chi connectivity index (χ0v) is 14.9. The van der Waals surface area contributed by atoms with Crippen molar-refractivity contribution in [3.8, 4) is 0 Å². The van der Waals surface area contributed by atoms with E-state index in [0.29, 0.717) is 0 Å². The van der Waals surface area contributed by atoms with Gasteiger partial charge in [0.1, 0.15) is 0 Å². The topological polar surface area (TPSA) is 48.9 Å². The summed E-state index contributed by atoms with van der Waals surface area (Å²) in [5.74, 6) is 0.931. The molecule has 2 rings (SSSR count). The van der Waals surface area contributed by atoms with Gasteiger partial charge in [0.05, 0.1) is 19.8 Å². The minimum atomic E-state index is 0.131. The Balaban J connectivity index is 1.87. The van der Waals surface area contributed by atoms with Crippen LogP contribution < -0.4 is 10.6 Å². The molecule has 0 aromatic carbocycles. The fourth-order valence-corrected chi connectivity index (χ4v) is 3.06. The summed E-state index contributed by atoms with van der Waals surface area (Å²) in [4.78, 5) is 7.42. The number of likely N-dealkylation sites (tertiary alicyclic amines) is 1. The monoisotopic (exact) mass is 310 g/mol. The molecule has 2 aliphatic heterocycles. The average Bonchev–Trinajstić information content (AvgIpc) is 2.49. The first kappa shape index (κ1) is 17.5. The number of piperidine rings is 1. The van der Waals surface area contributed by atoms with E-state index in [1.54, 1.807) is 0 Å². The third-order valence-electron chi connectivity index (χ3n) is 4.76. The molecule has 128 valence electrons. The lowest BCUT2D eigenvalue weighted by Crippen LogP contribution is -2.52. The Morgan fingerprint density at radius 3 is 2.41 bits per heavy atom. The molecule has 22 heavy (non-hydrogen) atoms. The summed E-state index contributed by atoms with van der Waals surface area (Å²) in [5, 5.41) is 6.84. The van der Waals surface area contributed by atoms with E-state index in [1.807, 2.05) is 0 Å². The second kappa shape index (κ2) is 7.64. The fourth-order valence-electron chi connectivity index (χ4n) is 3.06. The number of ether oxygens (including phenoxy) is 1. The molecule has 2 aliphatic rings. The lowest BCUT2D eigenvalue weighted by atomic mass is 9.89. The van der Waals surface area contributed by atoms with Gasteiger partial charge in [0.2, 0.25) is 0 Å². The number of rotatable bonds is 6. The van der Waals surface area contributed by atoms with E-state index in [0.717, 1.165) is 38.8 Å². The maximum Gasteiger partial charge on any atom is 0.191 e. The van der Waals surface area contributed by atoms with Crippen molar-refractivity contribution >= 4 is 5.96 Å². The van der Waals surface area contributed by atoms with Gasteiger partial charge in [-0.25, -0.2) is 0 Å². The van der Waals surface area contributed by atoms with Crippen LogP contribution in [-0.4, -0.2) is 62.3 Å². The number of nitrogens with one attached hydrogen (secondary N) is 2. The molecular weight excluding hydrogens is 276 g/mol. The molecule has 0 spiro atoms. The van der Waals surface area contributed by atoms with Gasteiger partial charge < -0.3 is 15.4 Å². The van der Waals surface area contributed by atoms with E-state index in [2.05, 4.69) is 43.2 Å². The summed E-state index contributed by atoms with van der Waals surface area (Å²) >= 11 is 0. The molecule has 0 amide bonds. The van der Waals surface area contributed by atoms with Crippen molar-refractivity contribution in [2.24, 2.45) is 10.4 Å². The van der Waals surface area contributed by atoms with Crippen molar-refractivity contribution in [2.45, 2.75) is 52.5 Å².